The van der Waals surface area contributed by atoms with Crippen molar-refractivity contribution < 1.29 is 8.42 Å². The molecule has 0 amide bonds. The van der Waals surface area contributed by atoms with Crippen LogP contribution in [0.2, 0.25) is 10.2 Å². The number of pyridine rings is 1. The Morgan fingerprint density at radius 1 is 1.05 bits per heavy atom. The van der Waals surface area contributed by atoms with Crippen LogP contribution >= 0.6 is 23.2 Å². The monoisotopic (exact) mass is 326 g/mol. The summed E-state index contributed by atoms with van der Waals surface area (Å²) in [6, 6.07) is 11.2. The summed E-state index contributed by atoms with van der Waals surface area (Å²) in [5.41, 5.74) is 0.214. The van der Waals surface area contributed by atoms with Gasteiger partial charge < -0.3 is 0 Å². The maximum atomic E-state index is 12.6. The number of hydrogen-bond donors (Lipinski definition) is 0. The van der Waals surface area contributed by atoms with Gasteiger partial charge in [0.05, 0.1) is 9.92 Å². The average molecular weight is 327 g/mol. The molecule has 4 nitrogen and oxygen atoms in total. The SMILES string of the molecule is O=S(=O)(c1ccccc1)n1ccc2c(Cl)cc(Cl)nc21. The van der Waals surface area contributed by atoms with Gasteiger partial charge in [0.25, 0.3) is 10.0 Å². The Morgan fingerprint density at radius 3 is 2.45 bits per heavy atom. The Labute approximate surface area is 125 Å². The van der Waals surface area contributed by atoms with Crippen LogP contribution in [0.25, 0.3) is 11.0 Å². The van der Waals surface area contributed by atoms with E-state index in [9.17, 15) is 8.42 Å². The third-order valence-corrected chi connectivity index (χ3v) is 5.03. The standard InChI is InChI=1S/C13H8Cl2N2O2S/c14-11-8-12(15)16-13-10(11)6-7-17(13)20(18,19)9-4-2-1-3-5-9/h1-8H. The normalized spacial score (nSPS) is 11.9. The Balaban J connectivity index is 2.31. The number of aromatic nitrogens is 2. The summed E-state index contributed by atoms with van der Waals surface area (Å²) < 4.78 is 26.2. The second-order valence-corrected chi connectivity index (χ2v) is 6.70. The average Bonchev–Trinajstić information content (AvgIpc) is 2.84. The molecular weight excluding hydrogens is 319 g/mol. The number of halogens is 2. The number of benzene rings is 1. The molecule has 2 heterocycles. The molecule has 3 rings (SSSR count). The molecule has 0 atom stereocenters. The predicted molar refractivity (Wildman–Crippen MR) is 78.8 cm³/mol. The fourth-order valence-corrected chi connectivity index (χ4v) is 3.73. The van der Waals surface area contributed by atoms with Crippen molar-refractivity contribution in [3.63, 3.8) is 0 Å². The first kappa shape index (κ1) is 13.4. The summed E-state index contributed by atoms with van der Waals surface area (Å²) in [5, 5.41) is 1.04. The van der Waals surface area contributed by atoms with Gasteiger partial charge in [-0.15, -0.1) is 0 Å². The lowest BCUT2D eigenvalue weighted by molar-refractivity contribution is 0.589. The van der Waals surface area contributed by atoms with Crippen LogP contribution in [0.5, 0.6) is 0 Å². The Bertz CT molecular complexity index is 889. The van der Waals surface area contributed by atoms with Crippen LogP contribution in [0.15, 0.2) is 53.6 Å². The molecule has 0 aliphatic heterocycles. The molecule has 0 bridgehead atoms. The zero-order chi connectivity index (χ0) is 14.3. The summed E-state index contributed by atoms with van der Waals surface area (Å²) in [4.78, 5) is 4.23. The van der Waals surface area contributed by atoms with E-state index in [-0.39, 0.29) is 15.7 Å². The number of nitrogens with zero attached hydrogens (tertiary/aromatic N) is 2. The molecule has 0 fully saturated rings. The third-order valence-electron chi connectivity index (χ3n) is 2.84. The highest BCUT2D eigenvalue weighted by atomic mass is 35.5. The van der Waals surface area contributed by atoms with E-state index in [1.807, 2.05) is 0 Å². The number of rotatable bonds is 2. The highest BCUT2D eigenvalue weighted by Crippen LogP contribution is 2.28. The highest BCUT2D eigenvalue weighted by Gasteiger charge is 2.20. The predicted octanol–water partition coefficient (Wildman–Crippen LogP) is 3.58. The van der Waals surface area contributed by atoms with Gasteiger partial charge in [0.2, 0.25) is 0 Å². The summed E-state index contributed by atoms with van der Waals surface area (Å²) >= 11 is 11.9. The smallest absolute Gasteiger partial charge is 0.224 e. The van der Waals surface area contributed by atoms with Crippen LogP contribution in [-0.2, 0) is 10.0 Å². The van der Waals surface area contributed by atoms with Gasteiger partial charge in [-0.25, -0.2) is 17.4 Å². The van der Waals surface area contributed by atoms with Crippen molar-refractivity contribution in [2.24, 2.45) is 0 Å². The molecule has 7 heteroatoms. The molecule has 102 valence electrons. The van der Waals surface area contributed by atoms with Crippen molar-refractivity contribution in [2.75, 3.05) is 0 Å². The molecule has 0 aliphatic rings. The maximum Gasteiger partial charge on any atom is 0.269 e. The molecule has 0 N–H and O–H groups in total. The lowest BCUT2D eigenvalue weighted by Gasteiger charge is -2.07. The minimum atomic E-state index is -3.72. The van der Waals surface area contributed by atoms with Crippen molar-refractivity contribution in [1.82, 2.24) is 8.96 Å². The largest absolute Gasteiger partial charge is 0.269 e. The van der Waals surface area contributed by atoms with Gasteiger partial charge >= 0.3 is 0 Å². The topological polar surface area (TPSA) is 52.0 Å². The van der Waals surface area contributed by atoms with Crippen molar-refractivity contribution in [3.8, 4) is 0 Å². The van der Waals surface area contributed by atoms with Gasteiger partial charge in [0.1, 0.15) is 5.15 Å². The third kappa shape index (κ3) is 2.08. The fourth-order valence-electron chi connectivity index (χ4n) is 1.92. The van der Waals surface area contributed by atoms with Crippen LogP contribution in [-0.4, -0.2) is 17.4 Å². The molecular formula is C13H8Cl2N2O2S. The van der Waals surface area contributed by atoms with Crippen LogP contribution in [0.3, 0.4) is 0 Å². The van der Waals surface area contributed by atoms with Gasteiger partial charge in [-0.2, -0.15) is 0 Å². The summed E-state index contributed by atoms with van der Waals surface area (Å²) in [6.45, 7) is 0. The molecule has 3 aromatic rings. The summed E-state index contributed by atoms with van der Waals surface area (Å²) in [6.07, 6.45) is 1.42. The molecule has 2 aromatic heterocycles. The first-order valence-electron chi connectivity index (χ1n) is 5.64. The molecule has 0 aliphatic carbocycles. The molecule has 0 radical (unpaired) electrons. The van der Waals surface area contributed by atoms with E-state index in [0.717, 1.165) is 3.97 Å². The van der Waals surface area contributed by atoms with E-state index in [2.05, 4.69) is 4.98 Å². The van der Waals surface area contributed by atoms with Crippen LogP contribution in [0.1, 0.15) is 0 Å². The highest BCUT2D eigenvalue weighted by molar-refractivity contribution is 7.90. The van der Waals surface area contributed by atoms with E-state index in [0.29, 0.717) is 10.4 Å². The first-order chi connectivity index (χ1) is 9.50. The maximum absolute atomic E-state index is 12.6. The van der Waals surface area contributed by atoms with E-state index in [4.69, 9.17) is 23.2 Å². The summed E-state index contributed by atoms with van der Waals surface area (Å²) in [5.74, 6) is 0. The molecule has 0 spiro atoms. The van der Waals surface area contributed by atoms with E-state index in [1.165, 1.54) is 24.4 Å². The first-order valence-corrected chi connectivity index (χ1v) is 7.83. The Morgan fingerprint density at radius 2 is 1.75 bits per heavy atom. The Kier molecular flexibility index (Phi) is 3.20. The quantitative estimate of drug-likeness (QED) is 0.676. The van der Waals surface area contributed by atoms with Crippen molar-refractivity contribution in [3.05, 3.63) is 58.8 Å². The molecule has 0 saturated heterocycles. The fraction of sp³-hybridized carbons (Fsp3) is 0. The lowest BCUT2D eigenvalue weighted by Crippen LogP contribution is -2.12. The van der Waals surface area contributed by atoms with E-state index < -0.39 is 10.0 Å². The molecule has 0 unspecified atom stereocenters. The number of fused-ring (bicyclic) bond motifs is 1. The minimum Gasteiger partial charge on any atom is -0.224 e. The molecule has 1 aromatic carbocycles. The van der Waals surface area contributed by atoms with E-state index in [1.54, 1.807) is 24.3 Å². The van der Waals surface area contributed by atoms with Gasteiger partial charge in [0.15, 0.2) is 5.65 Å². The number of hydrogen-bond acceptors (Lipinski definition) is 3. The second kappa shape index (κ2) is 4.77. The molecule has 20 heavy (non-hydrogen) atoms. The zero-order valence-corrected chi connectivity index (χ0v) is 12.3. The Hall–Kier alpha value is -1.56. The van der Waals surface area contributed by atoms with Crippen LogP contribution in [0, 0.1) is 0 Å². The van der Waals surface area contributed by atoms with Crippen molar-refractivity contribution >= 4 is 44.3 Å². The van der Waals surface area contributed by atoms with E-state index >= 15 is 0 Å². The molecule has 0 saturated carbocycles. The van der Waals surface area contributed by atoms with Gasteiger partial charge in [-0.1, -0.05) is 41.4 Å². The lowest BCUT2D eigenvalue weighted by atomic mass is 10.3. The zero-order valence-electron chi connectivity index (χ0n) is 9.99. The van der Waals surface area contributed by atoms with Crippen molar-refractivity contribution in [1.29, 1.82) is 0 Å². The van der Waals surface area contributed by atoms with Gasteiger partial charge in [-0.3, -0.25) is 0 Å². The van der Waals surface area contributed by atoms with Crippen molar-refractivity contribution in [2.45, 2.75) is 4.90 Å². The van der Waals surface area contributed by atoms with Gasteiger partial charge in [0, 0.05) is 11.6 Å². The van der Waals surface area contributed by atoms with Crippen LogP contribution in [0.4, 0.5) is 0 Å². The minimum absolute atomic E-state index is 0.144. The van der Waals surface area contributed by atoms with Crippen LogP contribution < -0.4 is 0 Å². The van der Waals surface area contributed by atoms with Gasteiger partial charge in [-0.05, 0) is 24.3 Å². The summed E-state index contributed by atoms with van der Waals surface area (Å²) in [7, 11) is -3.72. The second-order valence-electron chi connectivity index (χ2n) is 4.09.